The summed E-state index contributed by atoms with van der Waals surface area (Å²) in [5, 5.41) is 12.3. The number of anilines is 1. The lowest BCUT2D eigenvalue weighted by atomic mass is 10.3. The number of benzene rings is 1. The van der Waals surface area contributed by atoms with Crippen molar-refractivity contribution < 1.29 is 19.4 Å². The Labute approximate surface area is 129 Å². The molecule has 0 saturated carbocycles. The van der Waals surface area contributed by atoms with Crippen LogP contribution in [0, 0.1) is 0 Å². The van der Waals surface area contributed by atoms with Crippen molar-refractivity contribution in [1.29, 1.82) is 0 Å². The first kappa shape index (κ1) is 17.7. The predicted octanol–water partition coefficient (Wildman–Crippen LogP) is 1.23. The highest BCUT2D eigenvalue weighted by atomic mass is 35.5. The summed E-state index contributed by atoms with van der Waals surface area (Å²) < 4.78 is 10.1. The summed E-state index contributed by atoms with van der Waals surface area (Å²) in [6.07, 6.45) is 0. The SMILES string of the molecule is COCCN(CCO)CC(=O)Nc1cc(Cl)ccc1OC. The fourth-order valence-corrected chi connectivity index (χ4v) is 1.97. The monoisotopic (exact) mass is 316 g/mol. The molecule has 0 bridgehead atoms. The summed E-state index contributed by atoms with van der Waals surface area (Å²) >= 11 is 5.91. The van der Waals surface area contributed by atoms with Crippen LogP contribution in [-0.2, 0) is 9.53 Å². The molecule has 0 unspecified atom stereocenters. The first-order valence-corrected chi connectivity index (χ1v) is 6.94. The van der Waals surface area contributed by atoms with E-state index in [9.17, 15) is 4.79 Å². The average molecular weight is 317 g/mol. The second-order valence-electron chi connectivity index (χ2n) is 4.39. The Hall–Kier alpha value is -1.34. The number of hydrogen-bond donors (Lipinski definition) is 2. The second kappa shape index (κ2) is 9.57. The van der Waals surface area contributed by atoms with Gasteiger partial charge in [-0.25, -0.2) is 0 Å². The van der Waals surface area contributed by atoms with E-state index >= 15 is 0 Å². The Morgan fingerprint density at radius 3 is 2.76 bits per heavy atom. The molecule has 0 aliphatic rings. The molecule has 1 amide bonds. The molecule has 1 rings (SSSR count). The molecular weight excluding hydrogens is 296 g/mol. The van der Waals surface area contributed by atoms with Gasteiger partial charge in [0.15, 0.2) is 0 Å². The van der Waals surface area contributed by atoms with E-state index in [0.717, 1.165) is 0 Å². The van der Waals surface area contributed by atoms with Gasteiger partial charge in [0, 0.05) is 25.2 Å². The molecule has 0 aromatic heterocycles. The summed E-state index contributed by atoms with van der Waals surface area (Å²) in [4.78, 5) is 13.9. The van der Waals surface area contributed by atoms with Gasteiger partial charge in [0.2, 0.25) is 5.91 Å². The van der Waals surface area contributed by atoms with Crippen molar-refractivity contribution in [1.82, 2.24) is 4.90 Å². The third kappa shape index (κ3) is 6.31. The van der Waals surface area contributed by atoms with Crippen molar-refractivity contribution >= 4 is 23.2 Å². The van der Waals surface area contributed by atoms with Gasteiger partial charge >= 0.3 is 0 Å². The predicted molar refractivity (Wildman–Crippen MR) is 82.0 cm³/mol. The van der Waals surface area contributed by atoms with Crippen LogP contribution in [0.3, 0.4) is 0 Å². The van der Waals surface area contributed by atoms with E-state index in [1.807, 2.05) is 0 Å². The number of carbonyl (C=O) groups is 1. The number of aliphatic hydroxyl groups excluding tert-OH is 1. The minimum absolute atomic E-state index is 0.0164. The van der Waals surface area contributed by atoms with Crippen LogP contribution < -0.4 is 10.1 Å². The Morgan fingerprint density at radius 2 is 2.14 bits per heavy atom. The third-order valence-electron chi connectivity index (χ3n) is 2.83. The number of rotatable bonds is 9. The molecule has 1 aromatic carbocycles. The normalized spacial score (nSPS) is 10.7. The van der Waals surface area contributed by atoms with Gasteiger partial charge in [-0.2, -0.15) is 0 Å². The Balaban J connectivity index is 2.64. The molecular formula is C14H21ClN2O4. The van der Waals surface area contributed by atoms with E-state index in [-0.39, 0.29) is 19.1 Å². The number of ether oxygens (including phenoxy) is 2. The minimum Gasteiger partial charge on any atom is -0.495 e. The maximum absolute atomic E-state index is 12.1. The molecule has 1 aromatic rings. The van der Waals surface area contributed by atoms with E-state index < -0.39 is 0 Å². The Bertz CT molecular complexity index is 457. The number of nitrogens with zero attached hydrogens (tertiary/aromatic N) is 1. The summed E-state index contributed by atoms with van der Waals surface area (Å²) in [6, 6.07) is 5.00. The van der Waals surface area contributed by atoms with Gasteiger partial charge in [0.05, 0.1) is 32.6 Å². The number of hydrogen-bond acceptors (Lipinski definition) is 5. The topological polar surface area (TPSA) is 71.0 Å². The van der Waals surface area contributed by atoms with Crippen LogP contribution in [0.25, 0.3) is 0 Å². The maximum atomic E-state index is 12.1. The molecule has 0 fully saturated rings. The minimum atomic E-state index is -0.208. The van der Waals surface area contributed by atoms with Gasteiger partial charge in [0.1, 0.15) is 5.75 Å². The molecule has 118 valence electrons. The number of aliphatic hydroxyl groups is 1. The first-order chi connectivity index (χ1) is 10.1. The summed E-state index contributed by atoms with van der Waals surface area (Å²) in [5.41, 5.74) is 0.519. The first-order valence-electron chi connectivity index (χ1n) is 6.56. The van der Waals surface area contributed by atoms with Gasteiger partial charge < -0.3 is 19.9 Å². The molecule has 2 N–H and O–H groups in total. The lowest BCUT2D eigenvalue weighted by Gasteiger charge is -2.20. The van der Waals surface area contributed by atoms with E-state index in [1.165, 1.54) is 7.11 Å². The maximum Gasteiger partial charge on any atom is 0.238 e. The Kier molecular flexibility index (Phi) is 8.07. The third-order valence-corrected chi connectivity index (χ3v) is 3.07. The fraction of sp³-hybridized carbons (Fsp3) is 0.500. The largest absolute Gasteiger partial charge is 0.495 e. The molecule has 0 heterocycles. The zero-order valence-electron chi connectivity index (χ0n) is 12.3. The molecule has 0 aliphatic carbocycles. The van der Waals surface area contributed by atoms with Gasteiger partial charge in [-0.3, -0.25) is 9.69 Å². The lowest BCUT2D eigenvalue weighted by Crippen LogP contribution is -2.37. The molecule has 0 saturated heterocycles. The molecule has 6 nitrogen and oxygen atoms in total. The van der Waals surface area contributed by atoms with Crippen molar-refractivity contribution in [3.05, 3.63) is 23.2 Å². The molecule has 0 radical (unpaired) electrons. The average Bonchev–Trinajstić information content (AvgIpc) is 2.45. The van der Waals surface area contributed by atoms with E-state index in [2.05, 4.69) is 5.32 Å². The summed E-state index contributed by atoms with van der Waals surface area (Å²) in [7, 11) is 3.11. The number of nitrogens with one attached hydrogen (secondary N) is 1. The number of halogens is 1. The van der Waals surface area contributed by atoms with Crippen LogP contribution in [0.2, 0.25) is 5.02 Å². The standard InChI is InChI=1S/C14H21ClN2O4/c1-20-8-6-17(5-7-18)10-14(19)16-12-9-11(15)3-4-13(12)21-2/h3-4,9,18H,5-8,10H2,1-2H3,(H,16,19). The van der Waals surface area contributed by atoms with Crippen LogP contribution in [0.15, 0.2) is 18.2 Å². The van der Waals surface area contributed by atoms with Crippen molar-refractivity contribution in [3.8, 4) is 5.75 Å². The van der Waals surface area contributed by atoms with Crippen LogP contribution in [0.4, 0.5) is 5.69 Å². The highest BCUT2D eigenvalue weighted by Gasteiger charge is 2.12. The lowest BCUT2D eigenvalue weighted by molar-refractivity contribution is -0.117. The van der Waals surface area contributed by atoms with Crippen LogP contribution >= 0.6 is 11.6 Å². The van der Waals surface area contributed by atoms with Gasteiger partial charge in [-0.05, 0) is 18.2 Å². The van der Waals surface area contributed by atoms with E-state index in [0.29, 0.717) is 36.2 Å². The zero-order chi connectivity index (χ0) is 15.7. The van der Waals surface area contributed by atoms with Crippen molar-refractivity contribution in [2.24, 2.45) is 0 Å². The molecule has 0 aliphatic heterocycles. The summed E-state index contributed by atoms with van der Waals surface area (Å²) in [6.45, 7) is 1.60. The number of carbonyl (C=O) groups excluding carboxylic acids is 1. The quantitative estimate of drug-likeness (QED) is 0.717. The van der Waals surface area contributed by atoms with Gasteiger partial charge in [-0.1, -0.05) is 11.6 Å². The van der Waals surface area contributed by atoms with Crippen molar-refractivity contribution in [2.75, 3.05) is 52.4 Å². The van der Waals surface area contributed by atoms with Crippen LogP contribution in [-0.4, -0.2) is 63.0 Å². The van der Waals surface area contributed by atoms with Crippen molar-refractivity contribution in [3.63, 3.8) is 0 Å². The fourth-order valence-electron chi connectivity index (χ4n) is 1.80. The Morgan fingerprint density at radius 1 is 1.38 bits per heavy atom. The van der Waals surface area contributed by atoms with Crippen LogP contribution in [0.1, 0.15) is 0 Å². The highest BCUT2D eigenvalue weighted by Crippen LogP contribution is 2.27. The van der Waals surface area contributed by atoms with E-state index in [1.54, 1.807) is 30.2 Å². The smallest absolute Gasteiger partial charge is 0.238 e. The molecule has 0 atom stereocenters. The summed E-state index contributed by atoms with van der Waals surface area (Å²) in [5.74, 6) is 0.332. The molecule has 7 heteroatoms. The highest BCUT2D eigenvalue weighted by molar-refractivity contribution is 6.31. The molecule has 21 heavy (non-hydrogen) atoms. The number of amides is 1. The van der Waals surface area contributed by atoms with Gasteiger partial charge in [-0.15, -0.1) is 0 Å². The molecule has 0 spiro atoms. The van der Waals surface area contributed by atoms with Gasteiger partial charge in [0.25, 0.3) is 0 Å². The van der Waals surface area contributed by atoms with E-state index in [4.69, 9.17) is 26.2 Å². The number of methoxy groups -OCH3 is 2. The van der Waals surface area contributed by atoms with Crippen LogP contribution in [0.5, 0.6) is 5.75 Å². The van der Waals surface area contributed by atoms with Crippen molar-refractivity contribution in [2.45, 2.75) is 0 Å². The zero-order valence-corrected chi connectivity index (χ0v) is 13.0. The second-order valence-corrected chi connectivity index (χ2v) is 4.82.